The number of hydrogen-bond donors (Lipinski definition) is 1. The summed E-state index contributed by atoms with van der Waals surface area (Å²) in [6, 6.07) is 15.0. The molecule has 4 rings (SSSR count). The molecular formula is C28H38N6O. The summed E-state index contributed by atoms with van der Waals surface area (Å²) in [7, 11) is 6.07. The first-order valence-corrected chi connectivity index (χ1v) is 12.5. The van der Waals surface area contributed by atoms with Crippen LogP contribution in [0.25, 0.3) is 11.3 Å². The Morgan fingerprint density at radius 2 is 1.86 bits per heavy atom. The van der Waals surface area contributed by atoms with Crippen molar-refractivity contribution in [2.45, 2.75) is 38.6 Å². The average Bonchev–Trinajstić information content (AvgIpc) is 2.91. The summed E-state index contributed by atoms with van der Waals surface area (Å²) >= 11 is 0. The number of para-hydroxylation sites is 1. The van der Waals surface area contributed by atoms with Crippen LogP contribution in [0.3, 0.4) is 0 Å². The van der Waals surface area contributed by atoms with Crippen LogP contribution in [0.1, 0.15) is 38.2 Å². The number of nitrogens with one attached hydrogen (secondary N) is 1. The van der Waals surface area contributed by atoms with Crippen molar-refractivity contribution < 1.29 is 4.74 Å². The fraction of sp³-hybridized carbons (Fsp3) is 0.464. The third kappa shape index (κ3) is 6.09. The lowest BCUT2D eigenvalue weighted by Gasteiger charge is -2.35. The number of ether oxygens (including phenoxy) is 1. The van der Waals surface area contributed by atoms with Gasteiger partial charge in [-0.05, 0) is 68.6 Å². The van der Waals surface area contributed by atoms with E-state index in [0.717, 1.165) is 48.3 Å². The third-order valence-corrected chi connectivity index (χ3v) is 7.40. The Kier molecular flexibility index (Phi) is 8.18. The highest BCUT2D eigenvalue weighted by Crippen LogP contribution is 2.31. The van der Waals surface area contributed by atoms with Gasteiger partial charge in [0.05, 0.1) is 12.8 Å². The number of anilines is 2. The van der Waals surface area contributed by atoms with Gasteiger partial charge in [-0.2, -0.15) is 0 Å². The van der Waals surface area contributed by atoms with Gasteiger partial charge in [0.2, 0.25) is 0 Å². The highest BCUT2D eigenvalue weighted by atomic mass is 16.5. The van der Waals surface area contributed by atoms with E-state index in [-0.39, 0.29) is 0 Å². The monoisotopic (exact) mass is 474 g/mol. The molecule has 1 unspecified atom stereocenters. The molecular weight excluding hydrogens is 436 g/mol. The van der Waals surface area contributed by atoms with Crippen LogP contribution in [0, 0.1) is 5.92 Å². The van der Waals surface area contributed by atoms with Crippen molar-refractivity contribution in [2.75, 3.05) is 51.1 Å². The smallest absolute Gasteiger partial charge is 0.129 e. The number of hydrogen-bond acceptors (Lipinski definition) is 7. The van der Waals surface area contributed by atoms with Crippen LogP contribution in [0.4, 0.5) is 11.6 Å². The molecule has 3 aromatic rings. The Morgan fingerprint density at radius 3 is 2.57 bits per heavy atom. The molecule has 0 spiro atoms. The Balaban J connectivity index is 1.38. The Morgan fingerprint density at radius 1 is 1.09 bits per heavy atom. The minimum atomic E-state index is 0.346. The van der Waals surface area contributed by atoms with Gasteiger partial charge in [0.25, 0.3) is 0 Å². The normalized spacial score (nSPS) is 16.5. The highest BCUT2D eigenvalue weighted by Gasteiger charge is 2.22. The SMILES string of the molecule is COc1ccccc1[C@H](C)C(C)CNc1cc(-c2ccc(N(C)C3CCN(C)CC3)nc2)ncn1. The van der Waals surface area contributed by atoms with Crippen LogP contribution in [0.15, 0.2) is 55.0 Å². The van der Waals surface area contributed by atoms with Gasteiger partial charge in [0.15, 0.2) is 0 Å². The molecule has 2 aromatic heterocycles. The zero-order valence-corrected chi connectivity index (χ0v) is 21.6. The second-order valence-corrected chi connectivity index (χ2v) is 9.73. The van der Waals surface area contributed by atoms with E-state index in [1.807, 2.05) is 24.4 Å². The van der Waals surface area contributed by atoms with E-state index in [0.29, 0.717) is 17.9 Å². The summed E-state index contributed by atoms with van der Waals surface area (Å²) in [6.45, 7) is 7.57. The lowest BCUT2D eigenvalue weighted by Crippen LogP contribution is -2.42. The van der Waals surface area contributed by atoms with E-state index in [1.165, 1.54) is 18.4 Å². The largest absolute Gasteiger partial charge is 0.496 e. The van der Waals surface area contributed by atoms with Crippen LogP contribution in [-0.2, 0) is 0 Å². The molecule has 186 valence electrons. The number of aromatic nitrogens is 3. The number of piperidine rings is 1. The van der Waals surface area contributed by atoms with Crippen molar-refractivity contribution >= 4 is 11.6 Å². The first-order chi connectivity index (χ1) is 17.0. The molecule has 0 amide bonds. The maximum absolute atomic E-state index is 5.55. The van der Waals surface area contributed by atoms with E-state index in [4.69, 9.17) is 9.72 Å². The number of likely N-dealkylation sites (tertiary alicyclic amines) is 1. The molecule has 2 atom stereocenters. The molecule has 1 aromatic carbocycles. The van der Waals surface area contributed by atoms with Crippen molar-refractivity contribution in [3.05, 3.63) is 60.6 Å². The second-order valence-electron chi connectivity index (χ2n) is 9.73. The van der Waals surface area contributed by atoms with E-state index in [2.05, 4.69) is 77.3 Å². The molecule has 7 nitrogen and oxygen atoms in total. The van der Waals surface area contributed by atoms with Gasteiger partial charge in [-0.1, -0.05) is 32.0 Å². The lowest BCUT2D eigenvalue weighted by atomic mass is 9.88. The number of pyridine rings is 1. The molecule has 0 radical (unpaired) electrons. The Hall–Kier alpha value is -3.19. The number of methoxy groups -OCH3 is 1. The van der Waals surface area contributed by atoms with Crippen molar-refractivity contribution in [3.63, 3.8) is 0 Å². The maximum Gasteiger partial charge on any atom is 0.129 e. The zero-order valence-electron chi connectivity index (χ0n) is 21.6. The Labute approximate surface area is 209 Å². The van der Waals surface area contributed by atoms with Gasteiger partial charge >= 0.3 is 0 Å². The van der Waals surface area contributed by atoms with Gasteiger partial charge in [0, 0.05) is 37.5 Å². The predicted molar refractivity (Wildman–Crippen MR) is 143 cm³/mol. The zero-order chi connectivity index (χ0) is 24.8. The van der Waals surface area contributed by atoms with E-state index >= 15 is 0 Å². The lowest BCUT2D eigenvalue weighted by molar-refractivity contribution is 0.252. The summed E-state index contributed by atoms with van der Waals surface area (Å²) in [5.41, 5.74) is 3.09. The van der Waals surface area contributed by atoms with Gasteiger partial charge < -0.3 is 19.9 Å². The van der Waals surface area contributed by atoms with Crippen molar-refractivity contribution in [1.29, 1.82) is 0 Å². The van der Waals surface area contributed by atoms with Crippen LogP contribution < -0.4 is 15.0 Å². The first-order valence-electron chi connectivity index (χ1n) is 12.5. The van der Waals surface area contributed by atoms with Gasteiger partial charge in [0.1, 0.15) is 23.7 Å². The van der Waals surface area contributed by atoms with Crippen LogP contribution in [0.5, 0.6) is 5.75 Å². The molecule has 7 heteroatoms. The summed E-state index contributed by atoms with van der Waals surface area (Å²) in [5, 5.41) is 3.49. The first kappa shape index (κ1) is 24.9. The van der Waals surface area contributed by atoms with E-state index in [9.17, 15) is 0 Å². The van der Waals surface area contributed by atoms with Crippen molar-refractivity contribution in [3.8, 4) is 17.0 Å². The molecule has 1 saturated heterocycles. The standard InChI is InChI=1S/C28H38N6O/c1-20(21(2)24-8-6-7-9-26(24)35-5)17-29-27-16-25(31-19-32-27)22-10-11-28(30-18-22)34(4)23-12-14-33(3)15-13-23/h6-11,16,18-21,23H,12-15,17H2,1-5H3,(H,29,31,32)/t20?,21-/m1/s1. The fourth-order valence-electron chi connectivity index (χ4n) is 4.72. The summed E-state index contributed by atoms with van der Waals surface area (Å²) < 4.78 is 5.55. The van der Waals surface area contributed by atoms with Crippen LogP contribution in [0.2, 0.25) is 0 Å². The Bertz CT molecular complexity index is 1080. The molecule has 1 aliphatic heterocycles. The molecule has 0 aliphatic carbocycles. The topological polar surface area (TPSA) is 66.4 Å². The number of benzene rings is 1. The number of rotatable bonds is 9. The van der Waals surface area contributed by atoms with E-state index < -0.39 is 0 Å². The summed E-state index contributed by atoms with van der Waals surface area (Å²) in [6.07, 6.45) is 5.88. The molecule has 35 heavy (non-hydrogen) atoms. The molecule has 1 N–H and O–H groups in total. The molecule has 3 heterocycles. The maximum atomic E-state index is 5.55. The fourth-order valence-corrected chi connectivity index (χ4v) is 4.72. The molecule has 1 fully saturated rings. The second kappa shape index (κ2) is 11.5. The van der Waals surface area contributed by atoms with Gasteiger partial charge in [-0.15, -0.1) is 0 Å². The minimum Gasteiger partial charge on any atom is -0.496 e. The minimum absolute atomic E-state index is 0.346. The molecule has 0 saturated carbocycles. The quantitative estimate of drug-likeness (QED) is 0.472. The van der Waals surface area contributed by atoms with Crippen LogP contribution >= 0.6 is 0 Å². The molecule has 0 bridgehead atoms. The molecule has 1 aliphatic rings. The predicted octanol–water partition coefficient (Wildman–Crippen LogP) is 4.93. The van der Waals surface area contributed by atoms with Crippen molar-refractivity contribution in [2.24, 2.45) is 5.92 Å². The highest BCUT2D eigenvalue weighted by molar-refractivity contribution is 5.62. The summed E-state index contributed by atoms with van der Waals surface area (Å²) in [5.74, 6) is 3.50. The third-order valence-electron chi connectivity index (χ3n) is 7.40. The van der Waals surface area contributed by atoms with Crippen LogP contribution in [-0.4, -0.2) is 66.7 Å². The summed E-state index contributed by atoms with van der Waals surface area (Å²) in [4.78, 5) is 18.4. The average molecular weight is 475 g/mol. The van der Waals surface area contributed by atoms with E-state index in [1.54, 1.807) is 13.4 Å². The van der Waals surface area contributed by atoms with Gasteiger partial charge in [-0.3, -0.25) is 0 Å². The number of nitrogens with zero attached hydrogens (tertiary/aromatic N) is 5. The van der Waals surface area contributed by atoms with Gasteiger partial charge in [-0.25, -0.2) is 15.0 Å². The van der Waals surface area contributed by atoms with Crippen molar-refractivity contribution in [1.82, 2.24) is 19.9 Å².